The molecule has 0 aliphatic rings. The van der Waals surface area contributed by atoms with Crippen molar-refractivity contribution >= 4 is 39.5 Å². The molecule has 5 atom stereocenters. The Balaban J connectivity index is 5.31. The van der Waals surface area contributed by atoms with Crippen LogP contribution in [0.15, 0.2) is 60.8 Å². The topological polar surface area (TPSA) is 237 Å². The summed E-state index contributed by atoms with van der Waals surface area (Å²) in [7, 11) is -9.93. The maximum Gasteiger partial charge on any atom is 0.472 e. The van der Waals surface area contributed by atoms with Crippen LogP contribution < -0.4 is 0 Å². The number of esters is 4. The summed E-state index contributed by atoms with van der Waals surface area (Å²) in [6, 6.07) is 0. The molecule has 0 amide bonds. The van der Waals surface area contributed by atoms with Crippen molar-refractivity contribution in [3.63, 3.8) is 0 Å². The van der Waals surface area contributed by atoms with Crippen LogP contribution >= 0.6 is 15.6 Å². The zero-order valence-corrected chi connectivity index (χ0v) is 61.4. The maximum atomic E-state index is 13.0. The van der Waals surface area contributed by atoms with E-state index in [2.05, 4.69) is 88.5 Å². The van der Waals surface area contributed by atoms with E-state index in [1.807, 2.05) is 0 Å². The lowest BCUT2D eigenvalue weighted by Crippen LogP contribution is -2.30. The van der Waals surface area contributed by atoms with Gasteiger partial charge in [0.25, 0.3) is 0 Å². The third-order valence-electron chi connectivity index (χ3n) is 16.0. The molecule has 3 N–H and O–H groups in total. The molecule has 0 radical (unpaired) electrons. The van der Waals surface area contributed by atoms with Crippen molar-refractivity contribution in [2.24, 2.45) is 0 Å². The highest BCUT2D eigenvalue weighted by atomic mass is 31.2. The molecule has 0 saturated heterocycles. The van der Waals surface area contributed by atoms with E-state index in [0.717, 1.165) is 148 Å². The summed E-state index contributed by atoms with van der Waals surface area (Å²) in [6.07, 6.45) is 65.0. The highest BCUT2D eigenvalue weighted by Gasteiger charge is 2.30. The molecule has 0 aromatic carbocycles. The SMILES string of the molecule is CC/C=C\C/C=C\C/C=C\CCCCCCCC(=O)OCC(COP(=O)(O)OCC(O)COP(=O)(O)OCC(COC(=O)CCCCCCC/C=C\C/C=C\CCCCC)OC(=O)CCCCCCCCCCCCCCC)OC(=O)CCCCCCCCCCCCC. The molecule has 0 rings (SSSR count). The number of hydrogen-bond donors (Lipinski definition) is 3. The Bertz CT molecular complexity index is 2030. The molecule has 0 heterocycles. The third-order valence-corrected chi connectivity index (χ3v) is 17.9. The van der Waals surface area contributed by atoms with Crippen LogP contribution in [0.4, 0.5) is 0 Å². The van der Waals surface area contributed by atoms with Crippen LogP contribution in [0.3, 0.4) is 0 Å². The lowest BCUT2D eigenvalue weighted by Gasteiger charge is -2.21. The minimum Gasteiger partial charge on any atom is -0.462 e. The fraction of sp³-hybridized carbons (Fsp3) is 0.813. The molecule has 5 unspecified atom stereocenters. The first-order valence-electron chi connectivity index (χ1n) is 37.5. The number of unbranched alkanes of at least 4 members (excludes halogenated alkanes) is 35. The molecule has 0 spiro atoms. The minimum absolute atomic E-state index is 0.0964. The minimum atomic E-state index is -4.97. The predicted octanol–water partition coefficient (Wildman–Crippen LogP) is 21.1. The Morgan fingerprint density at radius 2 is 0.553 bits per heavy atom. The smallest absolute Gasteiger partial charge is 0.462 e. The van der Waals surface area contributed by atoms with Crippen molar-refractivity contribution in [2.75, 3.05) is 39.6 Å². The summed E-state index contributed by atoms with van der Waals surface area (Å²) in [6.45, 7) is 4.74. The van der Waals surface area contributed by atoms with Crippen molar-refractivity contribution < 1.29 is 80.2 Å². The van der Waals surface area contributed by atoms with E-state index in [1.165, 1.54) is 109 Å². The van der Waals surface area contributed by atoms with E-state index in [9.17, 15) is 43.2 Å². The van der Waals surface area contributed by atoms with Gasteiger partial charge in [-0.05, 0) is 89.9 Å². The van der Waals surface area contributed by atoms with Crippen LogP contribution in [0.25, 0.3) is 0 Å². The number of aliphatic hydroxyl groups is 1. The highest BCUT2D eigenvalue weighted by Crippen LogP contribution is 2.45. The summed E-state index contributed by atoms with van der Waals surface area (Å²) in [5.41, 5.74) is 0. The van der Waals surface area contributed by atoms with Gasteiger partial charge in [-0.25, -0.2) is 9.13 Å². The van der Waals surface area contributed by atoms with Gasteiger partial charge in [-0.3, -0.25) is 37.3 Å². The molecular weight excluding hydrogens is 1230 g/mol. The number of phosphoric ester groups is 2. The number of allylic oxidation sites excluding steroid dienone is 10. The summed E-state index contributed by atoms with van der Waals surface area (Å²) in [5, 5.41) is 10.6. The average Bonchev–Trinajstić information content (AvgIpc) is 1.35. The lowest BCUT2D eigenvalue weighted by molar-refractivity contribution is -0.161. The van der Waals surface area contributed by atoms with Crippen molar-refractivity contribution in [3.8, 4) is 0 Å². The largest absolute Gasteiger partial charge is 0.472 e. The second kappa shape index (κ2) is 68.3. The van der Waals surface area contributed by atoms with Gasteiger partial charge in [-0.15, -0.1) is 0 Å². The van der Waals surface area contributed by atoms with Crippen LogP contribution in [0.2, 0.25) is 0 Å². The molecule has 94 heavy (non-hydrogen) atoms. The van der Waals surface area contributed by atoms with Crippen LogP contribution in [0, 0.1) is 0 Å². The molecule has 0 aromatic rings. The zero-order chi connectivity index (χ0) is 69.0. The van der Waals surface area contributed by atoms with E-state index in [0.29, 0.717) is 25.7 Å². The monoisotopic (exact) mass is 1370 g/mol. The molecular formula is C75H136O17P2. The number of carbonyl (C=O) groups is 4. The summed E-state index contributed by atoms with van der Waals surface area (Å²) >= 11 is 0. The number of hydrogen-bond acceptors (Lipinski definition) is 15. The number of ether oxygens (including phenoxy) is 4. The average molecular weight is 1370 g/mol. The first kappa shape index (κ1) is 90.8. The standard InChI is InChI=1S/C75H136O17P2/c1-5-9-13-17-21-25-29-32-34-37-40-43-47-51-55-59-72(77)85-65-70(91-74(79)61-57-53-49-45-39-28-24-20-16-12-8-4)67-89-93(81,82)87-63-69(76)64-88-94(83,84)90-68-71(92-75(80)62-58-54-50-46-42-36-31-27-23-19-15-11-7-3)66-86-73(78)60-56-52-48-44-41-38-35-33-30-26-22-18-14-10-6-2/h9,13,21-22,25-26,32-35,69-71,76H,5-8,10-12,14-20,23-24,27-31,36-68H2,1-4H3,(H,81,82)(H,83,84)/b13-9-,25-21-,26-22-,34-32-,35-33-. The molecule has 0 aliphatic carbocycles. The van der Waals surface area contributed by atoms with Crippen LogP contribution in [-0.2, 0) is 65.4 Å². The summed E-state index contributed by atoms with van der Waals surface area (Å²) < 4.78 is 68.4. The second-order valence-electron chi connectivity index (χ2n) is 25.2. The fourth-order valence-electron chi connectivity index (χ4n) is 10.3. The van der Waals surface area contributed by atoms with E-state index in [-0.39, 0.29) is 25.7 Å². The van der Waals surface area contributed by atoms with Gasteiger partial charge in [-0.1, -0.05) is 281 Å². The summed E-state index contributed by atoms with van der Waals surface area (Å²) in [4.78, 5) is 72.7. The highest BCUT2D eigenvalue weighted by molar-refractivity contribution is 7.47. The van der Waals surface area contributed by atoms with Gasteiger partial charge in [-0.2, -0.15) is 0 Å². The predicted molar refractivity (Wildman–Crippen MR) is 381 cm³/mol. The zero-order valence-electron chi connectivity index (χ0n) is 59.6. The third kappa shape index (κ3) is 67.3. The van der Waals surface area contributed by atoms with Crippen LogP contribution in [-0.4, -0.2) is 96.7 Å². The Kier molecular flexibility index (Phi) is 65.9. The van der Waals surface area contributed by atoms with Crippen molar-refractivity contribution in [1.29, 1.82) is 0 Å². The Hall–Kier alpha value is -3.24. The molecule has 0 aromatic heterocycles. The van der Waals surface area contributed by atoms with E-state index in [1.54, 1.807) is 0 Å². The van der Waals surface area contributed by atoms with Crippen LogP contribution in [0.1, 0.15) is 336 Å². The first-order valence-corrected chi connectivity index (χ1v) is 40.5. The van der Waals surface area contributed by atoms with Gasteiger partial charge < -0.3 is 33.8 Å². The molecule has 0 fully saturated rings. The van der Waals surface area contributed by atoms with E-state index in [4.69, 9.17) is 37.0 Å². The summed E-state index contributed by atoms with van der Waals surface area (Å²) in [5.74, 6) is -2.18. The van der Waals surface area contributed by atoms with Gasteiger partial charge in [0, 0.05) is 25.7 Å². The number of carbonyl (C=O) groups excluding carboxylic acids is 4. The lowest BCUT2D eigenvalue weighted by atomic mass is 10.0. The molecule has 0 saturated carbocycles. The number of rotatable bonds is 71. The van der Waals surface area contributed by atoms with Gasteiger partial charge >= 0.3 is 39.5 Å². The maximum absolute atomic E-state index is 13.0. The van der Waals surface area contributed by atoms with Crippen molar-refractivity contribution in [1.82, 2.24) is 0 Å². The fourth-order valence-corrected chi connectivity index (χ4v) is 11.8. The van der Waals surface area contributed by atoms with E-state index >= 15 is 0 Å². The van der Waals surface area contributed by atoms with Gasteiger partial charge in [0.2, 0.25) is 0 Å². The van der Waals surface area contributed by atoms with E-state index < -0.39 is 97.5 Å². The molecule has 19 heteroatoms. The van der Waals surface area contributed by atoms with Gasteiger partial charge in [0.1, 0.15) is 19.3 Å². The Morgan fingerprint density at radius 3 is 0.872 bits per heavy atom. The number of phosphoric acid groups is 2. The molecule has 0 bridgehead atoms. The van der Waals surface area contributed by atoms with Gasteiger partial charge in [0.15, 0.2) is 12.2 Å². The number of aliphatic hydroxyl groups excluding tert-OH is 1. The molecule has 548 valence electrons. The molecule has 17 nitrogen and oxygen atoms in total. The normalized spacial score (nSPS) is 14.3. The van der Waals surface area contributed by atoms with Crippen LogP contribution in [0.5, 0.6) is 0 Å². The Morgan fingerprint density at radius 1 is 0.309 bits per heavy atom. The quantitative estimate of drug-likeness (QED) is 0.0169. The molecule has 0 aliphatic heterocycles. The van der Waals surface area contributed by atoms with Crippen molar-refractivity contribution in [3.05, 3.63) is 60.8 Å². The first-order chi connectivity index (χ1) is 45.7. The van der Waals surface area contributed by atoms with Crippen molar-refractivity contribution in [2.45, 2.75) is 354 Å². The Labute approximate surface area is 571 Å². The van der Waals surface area contributed by atoms with Gasteiger partial charge in [0.05, 0.1) is 26.4 Å². The second-order valence-corrected chi connectivity index (χ2v) is 28.1.